The smallest absolute Gasteiger partial charge is 0.338 e. The lowest BCUT2D eigenvalue weighted by Crippen LogP contribution is -2.26. The van der Waals surface area contributed by atoms with E-state index >= 15 is 0 Å². The van der Waals surface area contributed by atoms with Gasteiger partial charge in [-0.15, -0.1) is 0 Å². The van der Waals surface area contributed by atoms with Gasteiger partial charge in [0.05, 0.1) is 16.6 Å². The van der Waals surface area contributed by atoms with E-state index in [0.29, 0.717) is 17.7 Å². The summed E-state index contributed by atoms with van der Waals surface area (Å²) in [6.45, 7) is 2.59. The van der Waals surface area contributed by atoms with Crippen LogP contribution >= 0.6 is 0 Å². The van der Waals surface area contributed by atoms with Gasteiger partial charge < -0.3 is 9.47 Å². The fourth-order valence-electron chi connectivity index (χ4n) is 2.18. The summed E-state index contributed by atoms with van der Waals surface area (Å²) in [4.78, 5) is 22.1. The van der Waals surface area contributed by atoms with E-state index in [2.05, 4.69) is 0 Å². The monoisotopic (exact) mass is 279 g/mol. The molecule has 1 saturated heterocycles. The number of hydrogen-bond donors (Lipinski definition) is 0. The molecule has 1 fully saturated rings. The zero-order chi connectivity index (χ0) is 14.5. The van der Waals surface area contributed by atoms with Crippen LogP contribution in [-0.2, 0) is 9.47 Å². The van der Waals surface area contributed by atoms with Crippen LogP contribution in [0.5, 0.6) is 0 Å². The molecule has 20 heavy (non-hydrogen) atoms. The Morgan fingerprint density at radius 1 is 1.50 bits per heavy atom. The topological polar surface area (TPSA) is 78.7 Å². The van der Waals surface area contributed by atoms with Crippen molar-refractivity contribution >= 4 is 11.7 Å². The van der Waals surface area contributed by atoms with E-state index in [0.717, 1.165) is 19.3 Å². The van der Waals surface area contributed by atoms with Crippen molar-refractivity contribution in [3.8, 4) is 0 Å². The highest BCUT2D eigenvalue weighted by Gasteiger charge is 2.18. The second-order valence-electron chi connectivity index (χ2n) is 4.84. The van der Waals surface area contributed by atoms with Crippen LogP contribution in [0.15, 0.2) is 18.2 Å². The first-order valence-corrected chi connectivity index (χ1v) is 6.61. The molecule has 1 atom stereocenters. The Kier molecular flexibility index (Phi) is 4.68. The van der Waals surface area contributed by atoms with Gasteiger partial charge in [0, 0.05) is 18.7 Å². The number of carbonyl (C=O) groups excluding carboxylic acids is 1. The summed E-state index contributed by atoms with van der Waals surface area (Å²) in [7, 11) is 0. The minimum atomic E-state index is -0.488. The third-order valence-corrected chi connectivity index (χ3v) is 3.32. The molecule has 1 unspecified atom stereocenters. The second-order valence-corrected chi connectivity index (χ2v) is 4.84. The Morgan fingerprint density at radius 2 is 2.30 bits per heavy atom. The van der Waals surface area contributed by atoms with Crippen LogP contribution in [0.4, 0.5) is 5.69 Å². The highest BCUT2D eigenvalue weighted by atomic mass is 16.6. The number of benzene rings is 1. The van der Waals surface area contributed by atoms with E-state index in [-0.39, 0.29) is 18.4 Å². The van der Waals surface area contributed by atoms with Crippen molar-refractivity contribution in [3.63, 3.8) is 0 Å². The molecule has 0 aromatic heterocycles. The highest BCUT2D eigenvalue weighted by Crippen LogP contribution is 2.19. The third-order valence-electron chi connectivity index (χ3n) is 3.32. The first kappa shape index (κ1) is 14.5. The van der Waals surface area contributed by atoms with Gasteiger partial charge in [0.2, 0.25) is 0 Å². The van der Waals surface area contributed by atoms with Gasteiger partial charge in [0.1, 0.15) is 6.61 Å². The summed E-state index contributed by atoms with van der Waals surface area (Å²) < 4.78 is 10.7. The molecule has 1 heterocycles. The summed E-state index contributed by atoms with van der Waals surface area (Å²) >= 11 is 0. The van der Waals surface area contributed by atoms with Gasteiger partial charge in [-0.25, -0.2) is 4.79 Å². The van der Waals surface area contributed by atoms with Crippen molar-refractivity contribution in [2.24, 2.45) is 0 Å². The van der Waals surface area contributed by atoms with E-state index < -0.39 is 10.9 Å². The fraction of sp³-hybridized carbons (Fsp3) is 0.500. The van der Waals surface area contributed by atoms with Gasteiger partial charge in [0.25, 0.3) is 5.69 Å². The van der Waals surface area contributed by atoms with Crippen molar-refractivity contribution in [3.05, 3.63) is 39.4 Å². The summed E-state index contributed by atoms with van der Waals surface area (Å²) in [5.41, 5.74) is 0.856. The number of esters is 1. The maximum Gasteiger partial charge on any atom is 0.338 e. The Morgan fingerprint density at radius 3 is 2.90 bits per heavy atom. The van der Waals surface area contributed by atoms with Crippen LogP contribution < -0.4 is 0 Å². The number of non-ortho nitro benzene ring substituents is 1. The Bertz CT molecular complexity index is 508. The van der Waals surface area contributed by atoms with Crippen LogP contribution in [0.3, 0.4) is 0 Å². The maximum atomic E-state index is 11.9. The Balaban J connectivity index is 1.96. The van der Waals surface area contributed by atoms with Crippen LogP contribution in [0.25, 0.3) is 0 Å². The fourth-order valence-corrected chi connectivity index (χ4v) is 2.18. The van der Waals surface area contributed by atoms with E-state index in [1.807, 2.05) is 0 Å². The van der Waals surface area contributed by atoms with E-state index in [1.165, 1.54) is 18.2 Å². The third kappa shape index (κ3) is 3.54. The molecule has 0 spiro atoms. The first-order chi connectivity index (χ1) is 9.58. The molecule has 0 N–H and O–H groups in total. The van der Waals surface area contributed by atoms with E-state index in [1.54, 1.807) is 6.92 Å². The zero-order valence-corrected chi connectivity index (χ0v) is 11.3. The van der Waals surface area contributed by atoms with Gasteiger partial charge in [0.15, 0.2) is 0 Å². The second kappa shape index (κ2) is 6.47. The lowest BCUT2D eigenvalue weighted by molar-refractivity contribution is -0.384. The normalized spacial score (nSPS) is 18.6. The van der Waals surface area contributed by atoms with Gasteiger partial charge in [-0.2, -0.15) is 0 Å². The number of carbonyl (C=O) groups is 1. The molecular formula is C14H17NO5. The molecule has 0 aliphatic carbocycles. The zero-order valence-electron chi connectivity index (χ0n) is 11.3. The van der Waals surface area contributed by atoms with Crippen LogP contribution in [-0.4, -0.2) is 30.2 Å². The predicted molar refractivity (Wildman–Crippen MR) is 71.7 cm³/mol. The highest BCUT2D eigenvalue weighted by molar-refractivity contribution is 5.91. The van der Waals surface area contributed by atoms with Crippen molar-refractivity contribution in [2.75, 3.05) is 13.2 Å². The molecule has 1 aliphatic rings. The van der Waals surface area contributed by atoms with Crippen molar-refractivity contribution in [2.45, 2.75) is 32.3 Å². The molecular weight excluding hydrogens is 262 g/mol. The summed E-state index contributed by atoms with van der Waals surface area (Å²) in [5, 5.41) is 10.6. The molecule has 0 radical (unpaired) electrons. The molecule has 108 valence electrons. The number of nitrogens with zero attached hydrogens (tertiary/aromatic N) is 1. The SMILES string of the molecule is Cc1cc([N+](=O)[O-])ccc1C(=O)OCC1CCCCO1. The van der Waals surface area contributed by atoms with Crippen molar-refractivity contribution in [1.82, 2.24) is 0 Å². The predicted octanol–water partition coefficient (Wildman–Crippen LogP) is 2.63. The van der Waals surface area contributed by atoms with E-state index in [4.69, 9.17) is 9.47 Å². The number of ether oxygens (including phenoxy) is 2. The molecule has 0 bridgehead atoms. The molecule has 0 saturated carbocycles. The molecule has 6 heteroatoms. The molecule has 1 aromatic carbocycles. The standard InChI is InChI=1S/C14H17NO5/c1-10-8-11(15(17)18)5-6-13(10)14(16)20-9-12-4-2-3-7-19-12/h5-6,8,12H,2-4,7,9H2,1H3. The first-order valence-electron chi connectivity index (χ1n) is 6.61. The average molecular weight is 279 g/mol. The van der Waals surface area contributed by atoms with Crippen LogP contribution in [0.2, 0.25) is 0 Å². The number of nitro groups is 1. The average Bonchev–Trinajstić information content (AvgIpc) is 2.45. The van der Waals surface area contributed by atoms with Crippen LogP contribution in [0, 0.1) is 17.0 Å². The summed E-state index contributed by atoms with van der Waals surface area (Å²) in [6, 6.07) is 4.10. The Hall–Kier alpha value is -1.95. The summed E-state index contributed by atoms with van der Waals surface area (Å²) in [5.74, 6) is -0.466. The number of rotatable bonds is 4. The lowest BCUT2D eigenvalue weighted by Gasteiger charge is -2.22. The molecule has 1 aliphatic heterocycles. The van der Waals surface area contributed by atoms with E-state index in [9.17, 15) is 14.9 Å². The minimum Gasteiger partial charge on any atom is -0.459 e. The molecule has 1 aromatic rings. The van der Waals surface area contributed by atoms with Gasteiger partial charge in [-0.3, -0.25) is 10.1 Å². The number of aryl methyl sites for hydroxylation is 1. The number of nitro benzene ring substituents is 1. The van der Waals surface area contributed by atoms with Gasteiger partial charge in [-0.1, -0.05) is 0 Å². The lowest BCUT2D eigenvalue weighted by atomic mass is 10.1. The van der Waals surface area contributed by atoms with Gasteiger partial charge in [-0.05, 0) is 37.8 Å². The largest absolute Gasteiger partial charge is 0.459 e. The molecule has 6 nitrogen and oxygen atoms in total. The van der Waals surface area contributed by atoms with Crippen molar-refractivity contribution in [1.29, 1.82) is 0 Å². The maximum absolute atomic E-state index is 11.9. The van der Waals surface area contributed by atoms with Gasteiger partial charge >= 0.3 is 5.97 Å². The molecule has 0 amide bonds. The molecule has 2 rings (SSSR count). The Labute approximate surface area is 116 Å². The number of hydrogen-bond acceptors (Lipinski definition) is 5. The van der Waals surface area contributed by atoms with Crippen molar-refractivity contribution < 1.29 is 19.2 Å². The van der Waals surface area contributed by atoms with Crippen LogP contribution in [0.1, 0.15) is 35.2 Å². The quantitative estimate of drug-likeness (QED) is 0.481. The minimum absolute atomic E-state index is 0.0327. The summed E-state index contributed by atoms with van der Waals surface area (Å²) in [6.07, 6.45) is 2.99.